The molecule has 0 heterocycles. The number of hydrogen-bond acceptors (Lipinski definition) is 1. The van der Waals surface area contributed by atoms with Gasteiger partial charge in [-0.3, -0.25) is 0 Å². The Morgan fingerprint density at radius 2 is 2.60 bits per heavy atom. The third kappa shape index (κ3) is 1.32. The summed E-state index contributed by atoms with van der Waals surface area (Å²) in [5, 5.41) is 9.77. The fourth-order valence-corrected chi connectivity index (χ4v) is 1.77. The largest absolute Gasteiger partial charge is 0.384 e. The molecule has 0 aromatic heterocycles. The Morgan fingerprint density at radius 3 is 3.00 bits per heavy atom. The molecule has 1 rings (SSSR count). The molecule has 56 valence electrons. The van der Waals surface area contributed by atoms with E-state index in [-0.39, 0.29) is 0 Å². The average Bonchev–Trinajstić information content (AvgIpc) is 2.15. The van der Waals surface area contributed by atoms with Crippen LogP contribution >= 0.6 is 15.9 Å². The van der Waals surface area contributed by atoms with E-state index in [4.69, 9.17) is 0 Å². The lowest BCUT2D eigenvalue weighted by molar-refractivity contribution is 0.0915. The van der Waals surface area contributed by atoms with Gasteiger partial charge in [0.1, 0.15) is 0 Å². The molecule has 0 radical (unpaired) electrons. The standard InChI is InChI=1S/C8H11BrO/c1-2-5-8(10)6-3-4-7(8)9/h2,4,10H,1,3,5-6H2/t8-/m0/s1. The van der Waals surface area contributed by atoms with E-state index >= 15 is 0 Å². The van der Waals surface area contributed by atoms with Gasteiger partial charge in [0.15, 0.2) is 0 Å². The maximum absolute atomic E-state index is 9.77. The molecule has 0 spiro atoms. The molecule has 1 atom stereocenters. The zero-order chi connectivity index (χ0) is 7.61. The van der Waals surface area contributed by atoms with Crippen LogP contribution in [0.3, 0.4) is 0 Å². The van der Waals surface area contributed by atoms with E-state index < -0.39 is 5.60 Å². The van der Waals surface area contributed by atoms with Crippen molar-refractivity contribution in [3.63, 3.8) is 0 Å². The first-order valence-electron chi connectivity index (χ1n) is 3.38. The van der Waals surface area contributed by atoms with E-state index in [0.29, 0.717) is 6.42 Å². The Hall–Kier alpha value is -0.0800. The van der Waals surface area contributed by atoms with Crippen LogP contribution in [0.25, 0.3) is 0 Å². The zero-order valence-electron chi connectivity index (χ0n) is 5.81. The highest BCUT2D eigenvalue weighted by Crippen LogP contribution is 2.36. The van der Waals surface area contributed by atoms with Gasteiger partial charge in [0.2, 0.25) is 0 Å². The van der Waals surface area contributed by atoms with E-state index in [9.17, 15) is 5.11 Å². The van der Waals surface area contributed by atoms with E-state index in [1.807, 2.05) is 6.08 Å². The minimum atomic E-state index is -0.637. The maximum atomic E-state index is 9.77. The highest BCUT2D eigenvalue weighted by Gasteiger charge is 2.31. The van der Waals surface area contributed by atoms with Crippen LogP contribution < -0.4 is 0 Å². The summed E-state index contributed by atoms with van der Waals surface area (Å²) in [6.45, 7) is 3.60. The summed E-state index contributed by atoms with van der Waals surface area (Å²) in [6.07, 6.45) is 6.19. The van der Waals surface area contributed by atoms with Crippen molar-refractivity contribution in [3.05, 3.63) is 23.2 Å². The molecular formula is C8H11BrO. The zero-order valence-corrected chi connectivity index (χ0v) is 7.39. The highest BCUT2D eigenvalue weighted by molar-refractivity contribution is 9.11. The Bertz CT molecular complexity index is 174. The van der Waals surface area contributed by atoms with Gasteiger partial charge in [-0.05, 0) is 19.3 Å². The van der Waals surface area contributed by atoms with Crippen LogP contribution in [-0.4, -0.2) is 10.7 Å². The minimum Gasteiger partial charge on any atom is -0.384 e. The van der Waals surface area contributed by atoms with Gasteiger partial charge in [-0.1, -0.05) is 28.1 Å². The fraction of sp³-hybridized carbons (Fsp3) is 0.500. The van der Waals surface area contributed by atoms with Crippen molar-refractivity contribution < 1.29 is 5.11 Å². The first-order chi connectivity index (χ1) is 4.69. The van der Waals surface area contributed by atoms with Crippen LogP contribution in [0, 0.1) is 0 Å². The third-order valence-electron chi connectivity index (χ3n) is 1.81. The Balaban J connectivity index is 2.68. The summed E-state index contributed by atoms with van der Waals surface area (Å²) in [7, 11) is 0. The van der Waals surface area contributed by atoms with Gasteiger partial charge in [-0.25, -0.2) is 0 Å². The summed E-state index contributed by atoms with van der Waals surface area (Å²) in [4.78, 5) is 0. The van der Waals surface area contributed by atoms with Gasteiger partial charge >= 0.3 is 0 Å². The van der Waals surface area contributed by atoms with Crippen LogP contribution in [0.2, 0.25) is 0 Å². The quantitative estimate of drug-likeness (QED) is 0.683. The SMILES string of the molecule is C=CC[C@]1(O)CCC=C1Br. The number of aliphatic hydroxyl groups is 1. The Labute approximate surface area is 69.6 Å². The van der Waals surface area contributed by atoms with Crippen LogP contribution in [0.5, 0.6) is 0 Å². The van der Waals surface area contributed by atoms with Crippen molar-refractivity contribution in [2.24, 2.45) is 0 Å². The Morgan fingerprint density at radius 1 is 1.90 bits per heavy atom. The van der Waals surface area contributed by atoms with Crippen LogP contribution in [0.4, 0.5) is 0 Å². The first-order valence-corrected chi connectivity index (χ1v) is 4.18. The lowest BCUT2D eigenvalue weighted by Gasteiger charge is -2.20. The lowest BCUT2D eigenvalue weighted by Crippen LogP contribution is -2.24. The normalized spacial score (nSPS) is 32.0. The number of halogens is 1. The van der Waals surface area contributed by atoms with E-state index in [1.165, 1.54) is 0 Å². The first kappa shape index (κ1) is 8.02. The number of allylic oxidation sites excluding steroid dienone is 1. The van der Waals surface area contributed by atoms with Crippen molar-refractivity contribution >= 4 is 15.9 Å². The minimum absolute atomic E-state index is 0.637. The summed E-state index contributed by atoms with van der Waals surface area (Å²) < 4.78 is 0.917. The van der Waals surface area contributed by atoms with Gasteiger partial charge in [-0.2, -0.15) is 0 Å². The second-order valence-corrected chi connectivity index (χ2v) is 3.47. The number of rotatable bonds is 2. The molecule has 0 aromatic carbocycles. The molecule has 2 heteroatoms. The highest BCUT2D eigenvalue weighted by atomic mass is 79.9. The lowest BCUT2D eigenvalue weighted by atomic mass is 10.00. The second kappa shape index (κ2) is 2.89. The average molecular weight is 203 g/mol. The van der Waals surface area contributed by atoms with Gasteiger partial charge in [0.05, 0.1) is 5.60 Å². The second-order valence-electron chi connectivity index (χ2n) is 2.62. The Kier molecular flexibility index (Phi) is 2.32. The topological polar surface area (TPSA) is 20.2 Å². The molecule has 1 aliphatic carbocycles. The smallest absolute Gasteiger partial charge is 0.0994 e. The fourth-order valence-electron chi connectivity index (χ4n) is 1.19. The van der Waals surface area contributed by atoms with Crippen molar-refractivity contribution in [2.45, 2.75) is 24.9 Å². The molecule has 0 aliphatic heterocycles. The summed E-state index contributed by atoms with van der Waals surface area (Å²) in [5.41, 5.74) is -0.637. The predicted octanol–water partition coefficient (Wildman–Crippen LogP) is 2.37. The van der Waals surface area contributed by atoms with Crippen LogP contribution in [0.1, 0.15) is 19.3 Å². The molecule has 0 aromatic rings. The van der Waals surface area contributed by atoms with Crippen LogP contribution in [-0.2, 0) is 0 Å². The van der Waals surface area contributed by atoms with Gasteiger partial charge < -0.3 is 5.11 Å². The molecule has 1 nitrogen and oxygen atoms in total. The van der Waals surface area contributed by atoms with Crippen molar-refractivity contribution in [3.8, 4) is 0 Å². The predicted molar refractivity (Wildman–Crippen MR) is 46.0 cm³/mol. The molecule has 10 heavy (non-hydrogen) atoms. The van der Waals surface area contributed by atoms with Crippen LogP contribution in [0.15, 0.2) is 23.2 Å². The van der Waals surface area contributed by atoms with Gasteiger partial charge in [-0.15, -0.1) is 6.58 Å². The summed E-state index contributed by atoms with van der Waals surface area (Å²) in [6, 6.07) is 0. The van der Waals surface area contributed by atoms with E-state index in [0.717, 1.165) is 17.3 Å². The van der Waals surface area contributed by atoms with Crippen molar-refractivity contribution in [1.82, 2.24) is 0 Å². The summed E-state index contributed by atoms with van der Waals surface area (Å²) in [5.74, 6) is 0. The van der Waals surface area contributed by atoms with Crippen molar-refractivity contribution in [1.29, 1.82) is 0 Å². The molecule has 0 bridgehead atoms. The molecule has 1 aliphatic rings. The maximum Gasteiger partial charge on any atom is 0.0994 e. The molecule has 0 unspecified atom stereocenters. The van der Waals surface area contributed by atoms with E-state index in [2.05, 4.69) is 22.5 Å². The van der Waals surface area contributed by atoms with Gasteiger partial charge in [0, 0.05) is 4.48 Å². The van der Waals surface area contributed by atoms with Crippen molar-refractivity contribution in [2.75, 3.05) is 0 Å². The van der Waals surface area contributed by atoms with E-state index in [1.54, 1.807) is 6.08 Å². The van der Waals surface area contributed by atoms with Gasteiger partial charge in [0.25, 0.3) is 0 Å². The molecule has 0 fully saturated rings. The molecule has 1 N–H and O–H groups in total. The molecule has 0 saturated carbocycles. The molecule has 0 amide bonds. The number of hydrogen-bond donors (Lipinski definition) is 1. The summed E-state index contributed by atoms with van der Waals surface area (Å²) >= 11 is 3.33. The monoisotopic (exact) mass is 202 g/mol. The molecular weight excluding hydrogens is 192 g/mol. The third-order valence-corrected chi connectivity index (χ3v) is 2.87. The molecule has 0 saturated heterocycles.